The van der Waals surface area contributed by atoms with Gasteiger partial charge in [0, 0.05) is 18.9 Å². The number of amides is 2. The quantitative estimate of drug-likeness (QED) is 0.772. The van der Waals surface area contributed by atoms with Crippen LogP contribution in [-0.4, -0.2) is 23.0 Å². The van der Waals surface area contributed by atoms with Gasteiger partial charge in [0.1, 0.15) is 10.3 Å². The van der Waals surface area contributed by atoms with Gasteiger partial charge in [-0.3, -0.25) is 4.79 Å². The van der Waals surface area contributed by atoms with E-state index in [1.165, 1.54) is 6.92 Å². The molecule has 1 aromatic heterocycles. The Morgan fingerprint density at radius 3 is 2.54 bits per heavy atom. The van der Waals surface area contributed by atoms with Crippen LogP contribution in [0.3, 0.4) is 0 Å². The van der Waals surface area contributed by atoms with E-state index in [9.17, 15) is 9.59 Å². The third-order valence-corrected chi connectivity index (χ3v) is 5.15. The molecule has 0 saturated heterocycles. The van der Waals surface area contributed by atoms with Crippen LogP contribution in [0.15, 0.2) is 47.1 Å². The SMILES string of the molecule is CC(=O)N1c2ccc(Br)nc2C(OC(N)=O)C(Cc2ccccc2)C1C. The molecule has 1 aromatic carbocycles. The van der Waals surface area contributed by atoms with E-state index >= 15 is 0 Å². The third kappa shape index (κ3) is 3.58. The van der Waals surface area contributed by atoms with E-state index < -0.39 is 12.2 Å². The molecule has 136 valence electrons. The number of halogens is 1. The van der Waals surface area contributed by atoms with E-state index in [0.29, 0.717) is 22.4 Å². The highest BCUT2D eigenvalue weighted by molar-refractivity contribution is 9.10. The average molecular weight is 418 g/mol. The molecule has 3 rings (SSSR count). The van der Waals surface area contributed by atoms with E-state index in [1.54, 1.807) is 17.0 Å². The molecule has 26 heavy (non-hydrogen) atoms. The predicted molar refractivity (Wildman–Crippen MR) is 102 cm³/mol. The molecular formula is C19H20BrN3O3. The predicted octanol–water partition coefficient (Wildman–Crippen LogP) is 3.59. The van der Waals surface area contributed by atoms with Crippen LogP contribution in [0.1, 0.15) is 31.2 Å². The second kappa shape index (κ2) is 7.45. The Morgan fingerprint density at radius 1 is 1.23 bits per heavy atom. The number of nitrogens with two attached hydrogens (primary N) is 1. The summed E-state index contributed by atoms with van der Waals surface area (Å²) >= 11 is 3.36. The standard InChI is InChI=1S/C19H20BrN3O3/c1-11-14(10-13-6-4-3-5-7-13)18(26-19(21)25)17-15(23(11)12(2)24)8-9-16(20)22-17/h3-9,11,14,18H,10H2,1-2H3,(H2,21,25). The third-order valence-electron chi connectivity index (χ3n) is 4.71. The molecule has 0 spiro atoms. The summed E-state index contributed by atoms with van der Waals surface area (Å²) < 4.78 is 6.08. The van der Waals surface area contributed by atoms with Crippen LogP contribution in [0, 0.1) is 5.92 Å². The molecule has 0 radical (unpaired) electrons. The van der Waals surface area contributed by atoms with Gasteiger partial charge in [-0.1, -0.05) is 30.3 Å². The fraction of sp³-hybridized carbons (Fsp3) is 0.316. The zero-order chi connectivity index (χ0) is 18.8. The Labute approximate surface area is 160 Å². The first kappa shape index (κ1) is 18.4. The van der Waals surface area contributed by atoms with Crippen molar-refractivity contribution in [1.82, 2.24) is 4.98 Å². The number of fused-ring (bicyclic) bond motifs is 1. The summed E-state index contributed by atoms with van der Waals surface area (Å²) in [6, 6.07) is 13.3. The van der Waals surface area contributed by atoms with Crippen molar-refractivity contribution in [2.24, 2.45) is 11.7 Å². The second-order valence-corrected chi connectivity index (χ2v) is 7.19. The van der Waals surface area contributed by atoms with Crippen molar-refractivity contribution >= 4 is 33.6 Å². The number of anilines is 1. The molecular weight excluding hydrogens is 398 g/mol. The maximum absolute atomic E-state index is 12.3. The van der Waals surface area contributed by atoms with E-state index in [-0.39, 0.29) is 17.9 Å². The molecule has 2 heterocycles. The van der Waals surface area contributed by atoms with Gasteiger partial charge in [-0.05, 0) is 47.0 Å². The first-order valence-electron chi connectivity index (χ1n) is 8.34. The van der Waals surface area contributed by atoms with Gasteiger partial charge in [-0.2, -0.15) is 0 Å². The molecule has 0 bridgehead atoms. The highest BCUT2D eigenvalue weighted by Gasteiger charge is 2.43. The number of primary amides is 1. The highest BCUT2D eigenvalue weighted by atomic mass is 79.9. The lowest BCUT2D eigenvalue weighted by molar-refractivity contribution is -0.117. The number of nitrogens with zero attached hydrogens (tertiary/aromatic N) is 2. The molecule has 2 N–H and O–H groups in total. The molecule has 0 saturated carbocycles. The smallest absolute Gasteiger partial charge is 0.405 e. The van der Waals surface area contributed by atoms with Crippen molar-refractivity contribution in [3.05, 3.63) is 58.3 Å². The average Bonchev–Trinajstić information content (AvgIpc) is 2.59. The number of carbonyl (C=O) groups excluding carboxylic acids is 2. The second-order valence-electron chi connectivity index (χ2n) is 6.38. The number of pyridine rings is 1. The Bertz CT molecular complexity index is 828. The zero-order valence-corrected chi connectivity index (χ0v) is 16.1. The summed E-state index contributed by atoms with van der Waals surface area (Å²) in [7, 11) is 0. The number of rotatable bonds is 3. The van der Waals surface area contributed by atoms with E-state index in [1.807, 2.05) is 37.3 Å². The minimum Gasteiger partial charge on any atom is -0.439 e. The van der Waals surface area contributed by atoms with E-state index in [0.717, 1.165) is 5.56 Å². The van der Waals surface area contributed by atoms with Gasteiger partial charge >= 0.3 is 6.09 Å². The molecule has 1 aliphatic heterocycles. The van der Waals surface area contributed by atoms with Crippen LogP contribution in [0.4, 0.5) is 10.5 Å². The summed E-state index contributed by atoms with van der Waals surface area (Å²) in [6.45, 7) is 3.48. The minimum absolute atomic E-state index is 0.0848. The van der Waals surface area contributed by atoms with Gasteiger partial charge in [0.25, 0.3) is 0 Å². The first-order valence-corrected chi connectivity index (χ1v) is 9.14. The summed E-state index contributed by atoms with van der Waals surface area (Å²) in [5.74, 6) is -0.262. The number of hydrogen-bond donors (Lipinski definition) is 1. The maximum atomic E-state index is 12.3. The Kier molecular flexibility index (Phi) is 5.27. The normalized spacial score (nSPS) is 21.8. The van der Waals surface area contributed by atoms with Gasteiger partial charge < -0.3 is 15.4 Å². The van der Waals surface area contributed by atoms with Gasteiger partial charge in [0.05, 0.1) is 5.69 Å². The number of aromatic nitrogens is 1. The van der Waals surface area contributed by atoms with Crippen LogP contribution >= 0.6 is 15.9 Å². The summed E-state index contributed by atoms with van der Waals surface area (Å²) in [4.78, 5) is 30.1. The van der Waals surface area contributed by atoms with Crippen molar-refractivity contribution < 1.29 is 14.3 Å². The fourth-order valence-electron chi connectivity index (χ4n) is 3.61. The van der Waals surface area contributed by atoms with Crippen molar-refractivity contribution in [1.29, 1.82) is 0 Å². The van der Waals surface area contributed by atoms with E-state index in [2.05, 4.69) is 20.9 Å². The monoisotopic (exact) mass is 417 g/mol. The van der Waals surface area contributed by atoms with Crippen LogP contribution in [-0.2, 0) is 16.0 Å². The fourth-order valence-corrected chi connectivity index (χ4v) is 3.93. The lowest BCUT2D eigenvalue weighted by atomic mass is 9.81. The van der Waals surface area contributed by atoms with E-state index in [4.69, 9.17) is 10.5 Å². The molecule has 1 aliphatic rings. The lowest BCUT2D eigenvalue weighted by Crippen LogP contribution is -2.50. The summed E-state index contributed by atoms with van der Waals surface area (Å²) in [5, 5.41) is 0. The lowest BCUT2D eigenvalue weighted by Gasteiger charge is -2.43. The Balaban J connectivity index is 2.11. The molecule has 3 atom stereocenters. The molecule has 7 heteroatoms. The molecule has 2 aromatic rings. The van der Waals surface area contributed by atoms with Crippen molar-refractivity contribution in [2.75, 3.05) is 4.90 Å². The van der Waals surface area contributed by atoms with Crippen LogP contribution in [0.5, 0.6) is 0 Å². The molecule has 3 unspecified atom stereocenters. The van der Waals surface area contributed by atoms with Gasteiger partial charge in [0.2, 0.25) is 5.91 Å². The Morgan fingerprint density at radius 2 is 1.92 bits per heavy atom. The van der Waals surface area contributed by atoms with Gasteiger partial charge in [-0.15, -0.1) is 0 Å². The topological polar surface area (TPSA) is 85.5 Å². The van der Waals surface area contributed by atoms with Crippen LogP contribution in [0.2, 0.25) is 0 Å². The largest absolute Gasteiger partial charge is 0.439 e. The molecule has 6 nitrogen and oxygen atoms in total. The molecule has 0 aliphatic carbocycles. The number of benzene rings is 1. The van der Waals surface area contributed by atoms with Crippen molar-refractivity contribution in [3.8, 4) is 0 Å². The Hall–Kier alpha value is -2.41. The minimum atomic E-state index is -0.857. The number of ether oxygens (including phenoxy) is 1. The summed E-state index contributed by atoms with van der Waals surface area (Å²) in [5.41, 5.74) is 7.60. The van der Waals surface area contributed by atoms with Crippen molar-refractivity contribution in [3.63, 3.8) is 0 Å². The van der Waals surface area contributed by atoms with Crippen LogP contribution in [0.25, 0.3) is 0 Å². The molecule has 2 amide bonds. The van der Waals surface area contributed by atoms with Gasteiger partial charge in [-0.25, -0.2) is 9.78 Å². The summed E-state index contributed by atoms with van der Waals surface area (Å²) in [6.07, 6.45) is -0.868. The zero-order valence-electron chi connectivity index (χ0n) is 14.6. The highest BCUT2D eigenvalue weighted by Crippen LogP contribution is 2.43. The number of hydrogen-bond acceptors (Lipinski definition) is 4. The molecule has 0 fully saturated rings. The first-order chi connectivity index (χ1) is 12.4. The maximum Gasteiger partial charge on any atom is 0.405 e. The van der Waals surface area contributed by atoms with Gasteiger partial charge in [0.15, 0.2) is 6.10 Å². The number of carbonyl (C=O) groups is 2. The van der Waals surface area contributed by atoms with Crippen molar-refractivity contribution in [2.45, 2.75) is 32.4 Å². The van der Waals surface area contributed by atoms with Crippen LogP contribution < -0.4 is 10.6 Å².